The Morgan fingerprint density at radius 2 is 2.23 bits per heavy atom. The van der Waals surface area contributed by atoms with Crippen LogP contribution in [0.3, 0.4) is 0 Å². The average Bonchev–Trinajstić information content (AvgIpc) is 2.44. The maximum atomic E-state index is 11.6. The monoisotopic (exact) mass is 306 g/mol. The van der Waals surface area contributed by atoms with Crippen LogP contribution >= 0.6 is 0 Å². The van der Waals surface area contributed by atoms with Gasteiger partial charge in [-0.2, -0.15) is 0 Å². The minimum Gasteiger partial charge on any atom is -0.463 e. The average molecular weight is 306 g/mol. The van der Waals surface area contributed by atoms with E-state index < -0.39 is 0 Å². The number of hydrogen-bond acceptors (Lipinski definition) is 3. The van der Waals surface area contributed by atoms with Crippen LogP contribution in [-0.2, 0) is 9.53 Å². The zero-order valence-corrected chi connectivity index (χ0v) is 14.4. The lowest BCUT2D eigenvalue weighted by molar-refractivity contribution is -0.137. The van der Waals surface area contributed by atoms with Crippen molar-refractivity contribution >= 4 is 5.97 Å². The molecule has 22 heavy (non-hydrogen) atoms. The summed E-state index contributed by atoms with van der Waals surface area (Å²) in [5.41, 5.74) is 3.61. The minimum atomic E-state index is -0.301. The van der Waals surface area contributed by atoms with Crippen LogP contribution in [0.25, 0.3) is 0 Å². The molecule has 0 saturated heterocycles. The standard InChI is InChI=1S/C19H30O3/c1-6-22-18(21)11-10-17-15(4)8-9-16(14(2)3)19(17,5)12-7-13-20/h10-11,16,20H,2,6-9,12-13H2,1,3-5H3/b11-10+/t16-,19-/m1/s1. The fraction of sp³-hybridized carbons (Fsp3) is 0.632. The Morgan fingerprint density at radius 3 is 2.77 bits per heavy atom. The van der Waals surface area contributed by atoms with Crippen LogP contribution in [0.1, 0.15) is 53.4 Å². The predicted molar refractivity (Wildman–Crippen MR) is 90.4 cm³/mol. The molecule has 0 unspecified atom stereocenters. The van der Waals surface area contributed by atoms with Gasteiger partial charge in [0.1, 0.15) is 0 Å². The van der Waals surface area contributed by atoms with E-state index in [9.17, 15) is 9.90 Å². The molecule has 1 rings (SSSR count). The van der Waals surface area contributed by atoms with Crippen molar-refractivity contribution in [2.24, 2.45) is 11.3 Å². The van der Waals surface area contributed by atoms with Crippen molar-refractivity contribution < 1.29 is 14.6 Å². The molecule has 0 aromatic carbocycles. The zero-order valence-electron chi connectivity index (χ0n) is 14.4. The first-order chi connectivity index (χ1) is 10.4. The third-order valence-electron chi connectivity index (χ3n) is 4.77. The highest BCUT2D eigenvalue weighted by molar-refractivity contribution is 5.82. The molecule has 124 valence electrons. The molecule has 0 aromatic rings. The SMILES string of the molecule is C=C(C)[C@H]1CCC(C)=C(/C=C/C(=O)OCC)[C@]1(C)CCCO. The van der Waals surface area contributed by atoms with Gasteiger partial charge in [-0.1, -0.05) is 30.7 Å². The van der Waals surface area contributed by atoms with Gasteiger partial charge in [-0.15, -0.1) is 0 Å². The van der Waals surface area contributed by atoms with Crippen molar-refractivity contribution in [3.63, 3.8) is 0 Å². The van der Waals surface area contributed by atoms with Crippen molar-refractivity contribution in [1.29, 1.82) is 0 Å². The highest BCUT2D eigenvalue weighted by Crippen LogP contribution is 2.50. The van der Waals surface area contributed by atoms with Crippen LogP contribution in [0.15, 0.2) is 35.5 Å². The van der Waals surface area contributed by atoms with Crippen LogP contribution in [0.4, 0.5) is 0 Å². The summed E-state index contributed by atoms with van der Waals surface area (Å²) in [6.07, 6.45) is 7.19. The van der Waals surface area contributed by atoms with Gasteiger partial charge in [-0.05, 0) is 63.4 Å². The largest absolute Gasteiger partial charge is 0.463 e. The molecule has 0 aliphatic heterocycles. The predicted octanol–water partition coefficient (Wildman–Crippen LogP) is 4.19. The number of esters is 1. The number of aliphatic hydroxyl groups excluding tert-OH is 1. The summed E-state index contributed by atoms with van der Waals surface area (Å²) in [5.74, 6) is 0.0781. The van der Waals surface area contributed by atoms with E-state index in [0.717, 1.165) is 25.7 Å². The summed E-state index contributed by atoms with van der Waals surface area (Å²) < 4.78 is 4.99. The van der Waals surface area contributed by atoms with Crippen LogP contribution in [0, 0.1) is 11.3 Å². The molecule has 0 aromatic heterocycles. The van der Waals surface area contributed by atoms with E-state index in [1.165, 1.54) is 22.8 Å². The van der Waals surface area contributed by atoms with Crippen molar-refractivity contribution in [3.8, 4) is 0 Å². The molecule has 0 spiro atoms. The number of carbonyl (C=O) groups is 1. The van der Waals surface area contributed by atoms with Crippen LogP contribution in [-0.4, -0.2) is 24.3 Å². The normalized spacial score (nSPS) is 25.6. The maximum absolute atomic E-state index is 11.6. The van der Waals surface area contributed by atoms with E-state index in [-0.39, 0.29) is 18.0 Å². The second-order valence-electron chi connectivity index (χ2n) is 6.46. The molecule has 2 atom stereocenters. The third kappa shape index (κ3) is 4.33. The molecule has 0 amide bonds. The summed E-state index contributed by atoms with van der Waals surface area (Å²) >= 11 is 0. The number of hydrogen-bond donors (Lipinski definition) is 1. The molecule has 0 saturated carbocycles. The number of rotatable bonds is 7. The van der Waals surface area contributed by atoms with E-state index in [4.69, 9.17) is 4.74 Å². The topological polar surface area (TPSA) is 46.5 Å². The summed E-state index contributed by atoms with van der Waals surface area (Å²) in [5, 5.41) is 9.25. The van der Waals surface area contributed by atoms with Gasteiger partial charge in [0, 0.05) is 12.7 Å². The van der Waals surface area contributed by atoms with Gasteiger partial charge in [0.25, 0.3) is 0 Å². The number of allylic oxidation sites excluding steroid dienone is 4. The smallest absolute Gasteiger partial charge is 0.330 e. The Balaban J connectivity index is 3.15. The Kier molecular flexibility index (Phi) is 7.08. The second kappa shape index (κ2) is 8.33. The van der Waals surface area contributed by atoms with E-state index >= 15 is 0 Å². The summed E-state index contributed by atoms with van der Waals surface area (Å²) in [7, 11) is 0. The van der Waals surface area contributed by atoms with Gasteiger partial charge in [0.2, 0.25) is 0 Å². The first kappa shape index (κ1) is 18.7. The number of aliphatic hydroxyl groups is 1. The van der Waals surface area contributed by atoms with Gasteiger partial charge >= 0.3 is 5.97 Å². The number of carbonyl (C=O) groups excluding carboxylic acids is 1. The van der Waals surface area contributed by atoms with E-state index in [0.29, 0.717) is 12.5 Å². The zero-order chi connectivity index (χ0) is 16.8. The van der Waals surface area contributed by atoms with Gasteiger partial charge in [0.05, 0.1) is 6.61 Å². The quantitative estimate of drug-likeness (QED) is 0.436. The molecule has 0 fully saturated rings. The van der Waals surface area contributed by atoms with Crippen molar-refractivity contribution in [1.82, 2.24) is 0 Å². The molecule has 1 aliphatic rings. The molecule has 1 aliphatic carbocycles. The fourth-order valence-corrected chi connectivity index (χ4v) is 3.71. The first-order valence-electron chi connectivity index (χ1n) is 8.18. The van der Waals surface area contributed by atoms with Gasteiger partial charge < -0.3 is 9.84 Å². The van der Waals surface area contributed by atoms with E-state index in [1.54, 1.807) is 6.92 Å². The lowest BCUT2D eigenvalue weighted by Gasteiger charge is -2.44. The molecule has 3 heteroatoms. The highest BCUT2D eigenvalue weighted by atomic mass is 16.5. The fourth-order valence-electron chi connectivity index (χ4n) is 3.71. The van der Waals surface area contributed by atoms with Crippen LogP contribution in [0.5, 0.6) is 0 Å². The molecular weight excluding hydrogens is 276 g/mol. The van der Waals surface area contributed by atoms with Gasteiger partial charge in [-0.3, -0.25) is 0 Å². The Labute approximate surface area is 134 Å². The molecule has 0 bridgehead atoms. The summed E-state index contributed by atoms with van der Waals surface area (Å²) in [6.45, 7) is 13.0. The molecule has 0 radical (unpaired) electrons. The lowest BCUT2D eigenvalue weighted by Crippen LogP contribution is -2.34. The van der Waals surface area contributed by atoms with Gasteiger partial charge in [-0.25, -0.2) is 4.79 Å². The Bertz CT molecular complexity index is 473. The van der Waals surface area contributed by atoms with Crippen molar-refractivity contribution in [2.45, 2.75) is 53.4 Å². The molecule has 1 N–H and O–H groups in total. The van der Waals surface area contributed by atoms with E-state index in [1.807, 2.05) is 6.08 Å². The lowest BCUT2D eigenvalue weighted by atomic mass is 9.60. The minimum absolute atomic E-state index is 0.0834. The summed E-state index contributed by atoms with van der Waals surface area (Å²) in [6, 6.07) is 0. The second-order valence-corrected chi connectivity index (χ2v) is 6.46. The van der Waals surface area contributed by atoms with Crippen LogP contribution < -0.4 is 0 Å². The summed E-state index contributed by atoms with van der Waals surface area (Å²) in [4.78, 5) is 11.6. The third-order valence-corrected chi connectivity index (χ3v) is 4.77. The van der Waals surface area contributed by atoms with Crippen LogP contribution in [0.2, 0.25) is 0 Å². The van der Waals surface area contributed by atoms with E-state index in [2.05, 4.69) is 27.4 Å². The Morgan fingerprint density at radius 1 is 1.55 bits per heavy atom. The molecular formula is C19H30O3. The molecule has 3 nitrogen and oxygen atoms in total. The highest BCUT2D eigenvalue weighted by Gasteiger charge is 2.40. The van der Waals surface area contributed by atoms with Gasteiger partial charge in [0.15, 0.2) is 0 Å². The maximum Gasteiger partial charge on any atom is 0.330 e. The Hall–Kier alpha value is -1.35. The van der Waals surface area contributed by atoms with Crippen molar-refractivity contribution in [3.05, 3.63) is 35.5 Å². The number of ether oxygens (including phenoxy) is 1. The first-order valence-corrected chi connectivity index (χ1v) is 8.18. The molecule has 0 heterocycles. The van der Waals surface area contributed by atoms with Crippen molar-refractivity contribution in [2.75, 3.05) is 13.2 Å².